The molecule has 10 heteroatoms. The lowest BCUT2D eigenvalue weighted by atomic mass is 10.2. The van der Waals surface area contributed by atoms with Crippen molar-refractivity contribution in [2.75, 3.05) is 50.7 Å². The lowest BCUT2D eigenvalue weighted by Gasteiger charge is -2.37. The Morgan fingerprint density at radius 3 is 2.50 bits per heavy atom. The van der Waals surface area contributed by atoms with E-state index in [1.54, 1.807) is 0 Å². The van der Waals surface area contributed by atoms with E-state index in [1.165, 1.54) is 12.1 Å². The number of nitrogens with two attached hydrogens (primary N) is 1. The summed E-state index contributed by atoms with van der Waals surface area (Å²) in [6.45, 7) is 8.75. The molecule has 2 heterocycles. The molecule has 0 bridgehead atoms. The maximum Gasteiger partial charge on any atom is 0.270 e. The average molecular weight is 383 g/mol. The number of rotatable bonds is 5. The molecule has 0 aromatic heterocycles. The van der Waals surface area contributed by atoms with Crippen molar-refractivity contribution < 1.29 is 13.3 Å². The van der Waals surface area contributed by atoms with E-state index >= 15 is 0 Å². The number of likely N-dealkylation sites (N-methyl/N-ethyl adjacent to an activating group) is 1. The maximum atomic E-state index is 12.0. The van der Waals surface area contributed by atoms with Gasteiger partial charge in [0.25, 0.3) is 5.69 Å². The van der Waals surface area contributed by atoms with Crippen LogP contribution in [0.1, 0.15) is 13.3 Å². The minimum Gasteiger partial charge on any atom is -0.369 e. The van der Waals surface area contributed by atoms with Crippen molar-refractivity contribution in [3.05, 3.63) is 28.3 Å². The second-order valence-corrected chi connectivity index (χ2v) is 8.34. The van der Waals surface area contributed by atoms with Gasteiger partial charge in [0.2, 0.25) is 10.0 Å². The van der Waals surface area contributed by atoms with Gasteiger partial charge < -0.3 is 9.80 Å². The summed E-state index contributed by atoms with van der Waals surface area (Å²) < 4.78 is 23.9. The number of sulfonamides is 1. The average Bonchev–Trinajstić information content (AvgIpc) is 3.10. The summed E-state index contributed by atoms with van der Waals surface area (Å²) in [5, 5.41) is 16.3. The molecule has 2 N–H and O–H groups in total. The van der Waals surface area contributed by atoms with Gasteiger partial charge in [0, 0.05) is 57.4 Å². The molecule has 0 radical (unpaired) electrons. The van der Waals surface area contributed by atoms with Crippen LogP contribution in [0.5, 0.6) is 0 Å². The molecular formula is C16H25N5O4S. The smallest absolute Gasteiger partial charge is 0.270 e. The zero-order chi connectivity index (χ0) is 18.9. The molecule has 2 aliphatic rings. The third kappa shape index (κ3) is 3.98. The number of primary sulfonamides is 1. The molecule has 2 aliphatic heterocycles. The summed E-state index contributed by atoms with van der Waals surface area (Å²) in [5.74, 6) is 0. The van der Waals surface area contributed by atoms with Crippen LogP contribution in [0.3, 0.4) is 0 Å². The predicted molar refractivity (Wildman–Crippen MR) is 98.8 cm³/mol. The van der Waals surface area contributed by atoms with Crippen LogP contribution in [0.15, 0.2) is 23.1 Å². The standard InChI is InChI=1S/C16H25N5O4S/c1-2-18-7-9-19(10-8-18)14-5-6-20(12-14)15-4-3-13(21(22)23)11-16(15)26(17,24)25/h3-4,11,14H,2,5-10,12H2,1H3,(H2,17,24,25). The first-order valence-corrected chi connectivity index (χ1v) is 10.4. The SMILES string of the molecule is CCN1CCN(C2CCN(c3ccc([N+](=O)[O-])cc3S(N)(=O)=O)C2)CC1. The van der Waals surface area contributed by atoms with Crippen molar-refractivity contribution in [1.82, 2.24) is 9.80 Å². The van der Waals surface area contributed by atoms with Crippen molar-refractivity contribution in [2.24, 2.45) is 5.14 Å². The number of hydrogen-bond acceptors (Lipinski definition) is 7. The molecule has 26 heavy (non-hydrogen) atoms. The van der Waals surface area contributed by atoms with E-state index in [4.69, 9.17) is 5.14 Å². The highest BCUT2D eigenvalue weighted by Crippen LogP contribution is 2.32. The van der Waals surface area contributed by atoms with Crippen LogP contribution in [0.25, 0.3) is 0 Å². The number of hydrogen-bond donors (Lipinski definition) is 1. The fourth-order valence-corrected chi connectivity index (χ4v) is 4.58. The molecule has 144 valence electrons. The van der Waals surface area contributed by atoms with Gasteiger partial charge in [0.15, 0.2) is 0 Å². The zero-order valence-corrected chi connectivity index (χ0v) is 15.7. The summed E-state index contributed by atoms with van der Waals surface area (Å²) >= 11 is 0. The van der Waals surface area contributed by atoms with Gasteiger partial charge in [0.05, 0.1) is 10.6 Å². The highest BCUT2D eigenvalue weighted by atomic mass is 32.2. The number of benzene rings is 1. The van der Waals surface area contributed by atoms with E-state index < -0.39 is 14.9 Å². The Morgan fingerprint density at radius 2 is 1.92 bits per heavy atom. The summed E-state index contributed by atoms with van der Waals surface area (Å²) in [6, 6.07) is 4.24. The summed E-state index contributed by atoms with van der Waals surface area (Å²) in [7, 11) is -4.05. The van der Waals surface area contributed by atoms with Crippen LogP contribution in [-0.2, 0) is 10.0 Å². The third-order valence-electron chi connectivity index (χ3n) is 5.34. The number of piperazine rings is 1. The Balaban J connectivity index is 1.77. The fraction of sp³-hybridized carbons (Fsp3) is 0.625. The quantitative estimate of drug-likeness (QED) is 0.580. The van der Waals surface area contributed by atoms with Crippen LogP contribution in [0, 0.1) is 10.1 Å². The van der Waals surface area contributed by atoms with E-state index in [1.807, 2.05) is 4.90 Å². The van der Waals surface area contributed by atoms with Crippen molar-refractivity contribution in [3.63, 3.8) is 0 Å². The number of nitro benzene ring substituents is 1. The molecule has 2 saturated heterocycles. The summed E-state index contributed by atoms with van der Waals surface area (Å²) in [6.07, 6.45) is 0.938. The number of anilines is 1. The van der Waals surface area contributed by atoms with Gasteiger partial charge >= 0.3 is 0 Å². The van der Waals surface area contributed by atoms with Gasteiger partial charge in [-0.05, 0) is 19.0 Å². The molecule has 1 atom stereocenters. The molecule has 0 amide bonds. The van der Waals surface area contributed by atoms with E-state index in [0.29, 0.717) is 24.8 Å². The highest BCUT2D eigenvalue weighted by molar-refractivity contribution is 7.89. The third-order valence-corrected chi connectivity index (χ3v) is 6.28. The van der Waals surface area contributed by atoms with Gasteiger partial charge in [-0.1, -0.05) is 6.92 Å². The molecule has 1 unspecified atom stereocenters. The number of nitrogens with zero attached hydrogens (tertiary/aromatic N) is 4. The summed E-state index contributed by atoms with van der Waals surface area (Å²) in [4.78, 5) is 17.0. The summed E-state index contributed by atoms with van der Waals surface area (Å²) in [5.41, 5.74) is 0.178. The minimum atomic E-state index is -4.05. The van der Waals surface area contributed by atoms with Crippen molar-refractivity contribution in [1.29, 1.82) is 0 Å². The first kappa shape index (κ1) is 19.0. The molecule has 0 aliphatic carbocycles. The van der Waals surface area contributed by atoms with Gasteiger partial charge in [0.1, 0.15) is 4.90 Å². The molecular weight excluding hydrogens is 358 g/mol. The molecule has 9 nitrogen and oxygen atoms in total. The molecule has 1 aromatic rings. The molecule has 1 aromatic carbocycles. The molecule has 0 saturated carbocycles. The van der Waals surface area contributed by atoms with E-state index in [2.05, 4.69) is 16.7 Å². The second-order valence-electron chi connectivity index (χ2n) is 6.81. The zero-order valence-electron chi connectivity index (χ0n) is 14.9. The Morgan fingerprint density at radius 1 is 1.23 bits per heavy atom. The first-order valence-electron chi connectivity index (χ1n) is 8.82. The van der Waals surface area contributed by atoms with E-state index in [0.717, 1.165) is 45.2 Å². The van der Waals surface area contributed by atoms with Crippen molar-refractivity contribution in [2.45, 2.75) is 24.3 Å². The molecule has 0 spiro atoms. The maximum absolute atomic E-state index is 12.0. The van der Waals surface area contributed by atoms with Crippen molar-refractivity contribution >= 4 is 21.4 Å². The topological polar surface area (TPSA) is 113 Å². The Bertz CT molecular complexity index is 777. The fourth-order valence-electron chi connectivity index (χ4n) is 3.81. The molecule has 3 rings (SSSR count). The minimum absolute atomic E-state index is 0.178. The lowest BCUT2D eigenvalue weighted by molar-refractivity contribution is -0.385. The first-order chi connectivity index (χ1) is 12.3. The van der Waals surface area contributed by atoms with E-state index in [9.17, 15) is 18.5 Å². The van der Waals surface area contributed by atoms with Crippen LogP contribution in [0.4, 0.5) is 11.4 Å². The number of non-ortho nitro benzene ring substituents is 1. The second kappa shape index (κ2) is 7.47. The van der Waals surface area contributed by atoms with Crippen LogP contribution >= 0.6 is 0 Å². The van der Waals surface area contributed by atoms with Gasteiger partial charge in [-0.3, -0.25) is 15.0 Å². The lowest BCUT2D eigenvalue weighted by Crippen LogP contribution is -2.50. The Hall–Kier alpha value is -1.75. The Labute approximate surface area is 153 Å². The number of nitro groups is 1. The Kier molecular flexibility index (Phi) is 5.47. The highest BCUT2D eigenvalue weighted by Gasteiger charge is 2.32. The van der Waals surface area contributed by atoms with Gasteiger partial charge in [-0.2, -0.15) is 0 Å². The molecule has 2 fully saturated rings. The predicted octanol–water partition coefficient (Wildman–Crippen LogP) is 0.458. The van der Waals surface area contributed by atoms with Crippen LogP contribution in [0.2, 0.25) is 0 Å². The normalized spacial score (nSPS) is 22.7. The van der Waals surface area contributed by atoms with Gasteiger partial charge in [-0.15, -0.1) is 0 Å². The van der Waals surface area contributed by atoms with Crippen LogP contribution < -0.4 is 10.0 Å². The monoisotopic (exact) mass is 383 g/mol. The van der Waals surface area contributed by atoms with Crippen molar-refractivity contribution in [3.8, 4) is 0 Å². The van der Waals surface area contributed by atoms with Gasteiger partial charge in [-0.25, -0.2) is 13.6 Å². The largest absolute Gasteiger partial charge is 0.369 e. The van der Waals surface area contributed by atoms with E-state index in [-0.39, 0.29) is 10.6 Å². The van der Waals surface area contributed by atoms with Crippen LogP contribution in [-0.4, -0.2) is 75.0 Å².